The number of aromatic nitrogens is 3. The van der Waals surface area contributed by atoms with Crippen molar-refractivity contribution in [1.29, 1.82) is 0 Å². The van der Waals surface area contributed by atoms with Crippen LogP contribution in [0.4, 0.5) is 0 Å². The lowest BCUT2D eigenvalue weighted by molar-refractivity contribution is 0.294. The van der Waals surface area contributed by atoms with Crippen molar-refractivity contribution in [2.24, 2.45) is 0 Å². The minimum atomic E-state index is 0.376. The third-order valence-electron chi connectivity index (χ3n) is 5.76. The van der Waals surface area contributed by atoms with Crippen LogP contribution in [0.5, 0.6) is 0 Å². The maximum Gasteiger partial charge on any atom is 0.0932 e. The molecule has 2 aromatic heterocycles. The molecule has 0 saturated heterocycles. The summed E-state index contributed by atoms with van der Waals surface area (Å²) >= 11 is 0. The third kappa shape index (κ3) is 2.73. The highest BCUT2D eigenvalue weighted by atomic mass is 15.1. The summed E-state index contributed by atoms with van der Waals surface area (Å²) in [6, 6.07) is 17.4. The summed E-state index contributed by atoms with van der Waals surface area (Å²) in [5.41, 5.74) is 8.85. The van der Waals surface area contributed by atoms with E-state index < -0.39 is 0 Å². The molecule has 0 bridgehead atoms. The molecule has 1 aliphatic heterocycles. The van der Waals surface area contributed by atoms with Crippen LogP contribution < -0.4 is 0 Å². The second-order valence-corrected chi connectivity index (χ2v) is 7.49. The summed E-state index contributed by atoms with van der Waals surface area (Å²) < 4.78 is 0. The van der Waals surface area contributed by atoms with Gasteiger partial charge >= 0.3 is 0 Å². The maximum absolute atomic E-state index is 4.32. The number of rotatable bonds is 2. The molecule has 27 heavy (non-hydrogen) atoms. The quantitative estimate of drug-likeness (QED) is 0.576. The Balaban J connectivity index is 1.64. The monoisotopic (exact) mass is 354 g/mol. The molecular formula is C23H22N4. The number of hydrogen-bond donors (Lipinski definition) is 1. The first-order valence-corrected chi connectivity index (χ1v) is 9.37. The average molecular weight is 354 g/mol. The zero-order valence-corrected chi connectivity index (χ0v) is 15.6. The van der Waals surface area contributed by atoms with E-state index in [0.717, 1.165) is 18.8 Å². The van der Waals surface area contributed by atoms with Gasteiger partial charge in [-0.15, -0.1) is 0 Å². The summed E-state index contributed by atoms with van der Waals surface area (Å²) in [6.07, 6.45) is 3.73. The second-order valence-electron chi connectivity index (χ2n) is 7.49. The van der Waals surface area contributed by atoms with Crippen LogP contribution in [0.15, 0.2) is 60.9 Å². The number of fused-ring (bicyclic) bond motifs is 2. The van der Waals surface area contributed by atoms with E-state index in [1.165, 1.54) is 38.7 Å². The molecule has 1 atom stereocenters. The molecule has 1 unspecified atom stereocenters. The zero-order chi connectivity index (χ0) is 18.4. The van der Waals surface area contributed by atoms with E-state index in [9.17, 15) is 0 Å². The number of H-pyrrole nitrogens is 1. The van der Waals surface area contributed by atoms with Gasteiger partial charge in [0.15, 0.2) is 0 Å². The lowest BCUT2D eigenvalue weighted by atomic mass is 9.81. The fourth-order valence-corrected chi connectivity index (χ4v) is 4.35. The summed E-state index contributed by atoms with van der Waals surface area (Å²) in [5.74, 6) is 0.376. The molecule has 0 amide bonds. The molecule has 2 aromatic carbocycles. The number of likely N-dealkylation sites (N-methyl/N-ethyl adjacent to an activating group) is 1. The summed E-state index contributed by atoms with van der Waals surface area (Å²) in [4.78, 5) is 5.76. The van der Waals surface area contributed by atoms with Gasteiger partial charge in [-0.25, -0.2) is 0 Å². The Morgan fingerprint density at radius 2 is 2.04 bits per heavy atom. The number of benzene rings is 2. The van der Waals surface area contributed by atoms with Crippen molar-refractivity contribution in [1.82, 2.24) is 20.1 Å². The Morgan fingerprint density at radius 1 is 1.11 bits per heavy atom. The van der Waals surface area contributed by atoms with E-state index in [4.69, 9.17) is 0 Å². The van der Waals surface area contributed by atoms with Gasteiger partial charge in [-0.1, -0.05) is 24.3 Å². The van der Waals surface area contributed by atoms with Gasteiger partial charge in [0.25, 0.3) is 0 Å². The maximum atomic E-state index is 4.32. The van der Waals surface area contributed by atoms with Gasteiger partial charge in [0.05, 0.1) is 5.69 Å². The van der Waals surface area contributed by atoms with Crippen molar-refractivity contribution in [3.8, 4) is 11.3 Å². The average Bonchev–Trinajstić information content (AvgIpc) is 3.17. The minimum absolute atomic E-state index is 0.376. The molecule has 0 spiro atoms. The van der Waals surface area contributed by atoms with Crippen molar-refractivity contribution in [3.63, 3.8) is 0 Å². The van der Waals surface area contributed by atoms with Crippen LogP contribution in [0.25, 0.3) is 22.2 Å². The van der Waals surface area contributed by atoms with Crippen LogP contribution in [-0.2, 0) is 6.54 Å². The highest BCUT2D eigenvalue weighted by Gasteiger charge is 2.27. The smallest absolute Gasteiger partial charge is 0.0932 e. The SMILES string of the molecule is Cc1c(-c2cccnn2)ccc2c1CN(C)CC2c1ccc2cc[nH]c2c1. The predicted octanol–water partition coefficient (Wildman–Crippen LogP) is 4.51. The first kappa shape index (κ1) is 16.2. The van der Waals surface area contributed by atoms with Gasteiger partial charge in [-0.05, 0) is 65.9 Å². The second kappa shape index (κ2) is 6.32. The Morgan fingerprint density at radius 3 is 2.89 bits per heavy atom. The molecule has 1 N–H and O–H groups in total. The van der Waals surface area contributed by atoms with Crippen LogP contribution in [-0.4, -0.2) is 33.7 Å². The minimum Gasteiger partial charge on any atom is -0.361 e. The fourth-order valence-electron chi connectivity index (χ4n) is 4.35. The van der Waals surface area contributed by atoms with Gasteiger partial charge in [0.1, 0.15) is 0 Å². The highest BCUT2D eigenvalue weighted by molar-refractivity contribution is 5.80. The van der Waals surface area contributed by atoms with Crippen molar-refractivity contribution < 1.29 is 0 Å². The zero-order valence-electron chi connectivity index (χ0n) is 15.6. The van der Waals surface area contributed by atoms with Gasteiger partial charge in [0, 0.05) is 42.5 Å². The van der Waals surface area contributed by atoms with Crippen LogP contribution in [0.3, 0.4) is 0 Å². The molecule has 4 aromatic rings. The number of nitrogens with one attached hydrogen (secondary N) is 1. The predicted molar refractivity (Wildman–Crippen MR) is 109 cm³/mol. The molecule has 5 rings (SSSR count). The van der Waals surface area contributed by atoms with Gasteiger partial charge in [-0.3, -0.25) is 0 Å². The van der Waals surface area contributed by atoms with Crippen LogP contribution >= 0.6 is 0 Å². The Bertz CT molecular complexity index is 1110. The standard InChI is InChI=1S/C23H22N4/c1-15-18(22-4-3-10-25-26-22)7-8-19-20(15)13-27(2)14-21(19)17-6-5-16-9-11-24-23(16)12-17/h3-12,21,24H,13-14H2,1-2H3. The Hall–Kier alpha value is -2.98. The van der Waals surface area contributed by atoms with Crippen LogP contribution in [0, 0.1) is 6.92 Å². The summed E-state index contributed by atoms with van der Waals surface area (Å²) in [6.45, 7) is 4.22. The fraction of sp³-hybridized carbons (Fsp3) is 0.217. The number of nitrogens with zero attached hydrogens (tertiary/aromatic N) is 3. The molecule has 4 nitrogen and oxygen atoms in total. The van der Waals surface area contributed by atoms with Crippen molar-refractivity contribution in [2.75, 3.05) is 13.6 Å². The molecule has 0 fully saturated rings. The van der Waals surface area contributed by atoms with Gasteiger partial charge in [0.2, 0.25) is 0 Å². The Labute approximate surface area is 158 Å². The molecule has 134 valence electrons. The van der Waals surface area contributed by atoms with Crippen LogP contribution in [0.2, 0.25) is 0 Å². The molecule has 3 heterocycles. The lowest BCUT2D eigenvalue weighted by Gasteiger charge is -2.34. The molecule has 0 saturated carbocycles. The van der Waals surface area contributed by atoms with E-state index in [1.807, 2.05) is 18.3 Å². The first-order valence-electron chi connectivity index (χ1n) is 9.37. The topological polar surface area (TPSA) is 44.8 Å². The van der Waals surface area contributed by atoms with Crippen LogP contribution in [0.1, 0.15) is 28.2 Å². The lowest BCUT2D eigenvalue weighted by Crippen LogP contribution is -2.31. The first-order chi connectivity index (χ1) is 13.2. The largest absolute Gasteiger partial charge is 0.361 e. The van der Waals surface area contributed by atoms with E-state index in [0.29, 0.717) is 5.92 Å². The highest BCUT2D eigenvalue weighted by Crippen LogP contribution is 2.38. The van der Waals surface area contributed by atoms with Gasteiger partial charge in [-0.2, -0.15) is 10.2 Å². The van der Waals surface area contributed by atoms with Crippen molar-refractivity contribution in [3.05, 3.63) is 83.2 Å². The third-order valence-corrected chi connectivity index (χ3v) is 5.76. The molecular weight excluding hydrogens is 332 g/mol. The molecule has 4 heteroatoms. The number of hydrogen-bond acceptors (Lipinski definition) is 3. The van der Waals surface area contributed by atoms with Gasteiger partial charge < -0.3 is 9.88 Å². The van der Waals surface area contributed by atoms with Crippen molar-refractivity contribution in [2.45, 2.75) is 19.4 Å². The van der Waals surface area contributed by atoms with E-state index >= 15 is 0 Å². The Kier molecular flexibility index (Phi) is 3.80. The summed E-state index contributed by atoms with van der Waals surface area (Å²) in [7, 11) is 2.21. The molecule has 0 aliphatic carbocycles. The summed E-state index contributed by atoms with van der Waals surface area (Å²) in [5, 5.41) is 9.63. The number of aromatic amines is 1. The van der Waals surface area contributed by atoms with E-state index in [1.54, 1.807) is 6.20 Å². The normalized spacial score (nSPS) is 17.2. The molecule has 0 radical (unpaired) electrons. The van der Waals surface area contributed by atoms with E-state index in [2.05, 4.69) is 70.5 Å². The van der Waals surface area contributed by atoms with Crippen molar-refractivity contribution >= 4 is 10.9 Å². The molecule has 1 aliphatic rings. The van der Waals surface area contributed by atoms with E-state index in [-0.39, 0.29) is 0 Å².